The summed E-state index contributed by atoms with van der Waals surface area (Å²) in [5.41, 5.74) is 4.82. The van der Waals surface area contributed by atoms with Crippen molar-refractivity contribution in [2.24, 2.45) is 0 Å². The van der Waals surface area contributed by atoms with E-state index >= 15 is 0 Å². The Morgan fingerprint density at radius 2 is 2.00 bits per heavy atom. The fourth-order valence-corrected chi connectivity index (χ4v) is 4.61. The highest BCUT2D eigenvalue weighted by molar-refractivity contribution is 9.10. The zero-order valence-electron chi connectivity index (χ0n) is 12.7. The third-order valence-corrected chi connectivity index (χ3v) is 5.87. The molecule has 0 amide bonds. The quantitative estimate of drug-likeness (QED) is 0.529. The monoisotopic (exact) mass is 384 g/mol. The van der Waals surface area contributed by atoms with Crippen LogP contribution in [0.1, 0.15) is 37.2 Å². The molecule has 0 spiro atoms. The minimum atomic E-state index is 0.672. The van der Waals surface area contributed by atoms with Crippen molar-refractivity contribution in [1.29, 1.82) is 0 Å². The molecule has 0 aliphatic heterocycles. The zero-order valence-corrected chi connectivity index (χ0v) is 15.1. The lowest BCUT2D eigenvalue weighted by Crippen LogP contribution is -1.96. The van der Waals surface area contributed by atoms with E-state index in [9.17, 15) is 0 Å². The van der Waals surface area contributed by atoms with Gasteiger partial charge in [0.1, 0.15) is 5.01 Å². The molecule has 0 atom stereocenters. The number of aromatic nitrogens is 2. The topological polar surface area (TPSA) is 25.8 Å². The molecule has 116 valence electrons. The lowest BCUT2D eigenvalue weighted by Gasteiger charge is -2.13. The van der Waals surface area contributed by atoms with Crippen molar-refractivity contribution in [3.8, 4) is 21.8 Å². The van der Waals surface area contributed by atoms with Crippen LogP contribution in [0.5, 0.6) is 0 Å². The molecule has 2 aromatic heterocycles. The lowest BCUT2D eigenvalue weighted by molar-refractivity contribution is 0.723. The average molecular weight is 385 g/mol. The van der Waals surface area contributed by atoms with E-state index in [0.717, 1.165) is 20.7 Å². The van der Waals surface area contributed by atoms with Crippen molar-refractivity contribution in [3.63, 3.8) is 0 Å². The highest BCUT2D eigenvalue weighted by Crippen LogP contribution is 2.40. The molecule has 4 rings (SSSR count). The van der Waals surface area contributed by atoms with E-state index in [1.807, 2.05) is 24.5 Å². The smallest absolute Gasteiger partial charge is 0.125 e. The van der Waals surface area contributed by atoms with Crippen LogP contribution in [0.2, 0.25) is 0 Å². The molecule has 3 aromatic rings. The minimum absolute atomic E-state index is 0.672. The Morgan fingerprint density at radius 1 is 1.13 bits per heavy atom. The molecule has 1 fully saturated rings. The summed E-state index contributed by atoms with van der Waals surface area (Å²) in [5.74, 6) is 0.672. The van der Waals surface area contributed by atoms with Crippen molar-refractivity contribution < 1.29 is 0 Å². The van der Waals surface area contributed by atoms with Gasteiger partial charge in [-0.3, -0.25) is 4.98 Å². The van der Waals surface area contributed by atoms with Crippen molar-refractivity contribution in [1.82, 2.24) is 9.97 Å². The van der Waals surface area contributed by atoms with Gasteiger partial charge in [0, 0.05) is 33.4 Å². The zero-order chi connectivity index (χ0) is 15.6. The van der Waals surface area contributed by atoms with E-state index < -0.39 is 0 Å². The molecule has 1 aliphatic rings. The van der Waals surface area contributed by atoms with Crippen molar-refractivity contribution >= 4 is 27.3 Å². The van der Waals surface area contributed by atoms with Crippen LogP contribution in [0.25, 0.3) is 21.8 Å². The third kappa shape index (κ3) is 3.10. The molecule has 0 saturated heterocycles. The van der Waals surface area contributed by atoms with E-state index in [2.05, 4.69) is 44.5 Å². The van der Waals surface area contributed by atoms with Crippen LogP contribution in [-0.4, -0.2) is 9.97 Å². The number of pyridine rings is 1. The molecule has 4 heteroatoms. The fraction of sp³-hybridized carbons (Fsp3) is 0.263. The standard InChI is InChI=1S/C19H17BrN2S/c20-15-7-3-6-14(10-15)18-12-23-19(22-18)17-11-21-9-8-16(17)13-4-1-2-5-13/h3,6-13H,1-2,4-5H2. The van der Waals surface area contributed by atoms with E-state index in [1.165, 1.54) is 36.8 Å². The van der Waals surface area contributed by atoms with Gasteiger partial charge < -0.3 is 0 Å². The van der Waals surface area contributed by atoms with Crippen LogP contribution in [0.4, 0.5) is 0 Å². The molecule has 1 saturated carbocycles. The lowest BCUT2D eigenvalue weighted by atomic mass is 9.95. The fourth-order valence-electron chi connectivity index (χ4n) is 3.35. The number of halogens is 1. The Hall–Kier alpha value is -1.52. The number of benzene rings is 1. The van der Waals surface area contributed by atoms with Gasteiger partial charge in [0.05, 0.1) is 5.69 Å². The van der Waals surface area contributed by atoms with E-state index in [-0.39, 0.29) is 0 Å². The van der Waals surface area contributed by atoms with Gasteiger partial charge in [-0.05, 0) is 42.5 Å². The van der Waals surface area contributed by atoms with Crippen LogP contribution in [0.15, 0.2) is 52.6 Å². The average Bonchev–Trinajstić information content (AvgIpc) is 3.27. The summed E-state index contributed by atoms with van der Waals surface area (Å²) in [7, 11) is 0. The summed E-state index contributed by atoms with van der Waals surface area (Å²) in [6, 6.07) is 10.5. The first-order chi connectivity index (χ1) is 11.3. The van der Waals surface area contributed by atoms with Gasteiger partial charge in [-0.25, -0.2) is 4.98 Å². The molecular weight excluding hydrogens is 368 g/mol. The Kier molecular flexibility index (Phi) is 4.27. The van der Waals surface area contributed by atoms with Crippen LogP contribution < -0.4 is 0 Å². The summed E-state index contributed by atoms with van der Waals surface area (Å²) in [6.45, 7) is 0. The Labute approximate surface area is 148 Å². The molecule has 23 heavy (non-hydrogen) atoms. The van der Waals surface area contributed by atoms with Gasteiger partial charge in [0.15, 0.2) is 0 Å². The Balaban J connectivity index is 1.72. The first kappa shape index (κ1) is 15.0. The molecule has 2 heterocycles. The second kappa shape index (κ2) is 6.54. The van der Waals surface area contributed by atoms with Crippen molar-refractivity contribution in [2.75, 3.05) is 0 Å². The first-order valence-electron chi connectivity index (χ1n) is 7.97. The van der Waals surface area contributed by atoms with Crippen LogP contribution in [-0.2, 0) is 0 Å². The normalized spacial score (nSPS) is 15.2. The molecule has 1 aliphatic carbocycles. The largest absolute Gasteiger partial charge is 0.264 e. The number of nitrogens with zero attached hydrogens (tertiary/aromatic N) is 2. The van der Waals surface area contributed by atoms with Crippen LogP contribution >= 0.6 is 27.3 Å². The summed E-state index contributed by atoms with van der Waals surface area (Å²) in [6.07, 6.45) is 9.17. The van der Waals surface area contributed by atoms with Gasteiger partial charge in [-0.15, -0.1) is 11.3 Å². The Morgan fingerprint density at radius 3 is 2.83 bits per heavy atom. The summed E-state index contributed by atoms with van der Waals surface area (Å²) in [5, 5.41) is 3.22. The van der Waals surface area contributed by atoms with Gasteiger partial charge in [0.25, 0.3) is 0 Å². The van der Waals surface area contributed by atoms with Gasteiger partial charge in [-0.2, -0.15) is 0 Å². The third-order valence-electron chi connectivity index (χ3n) is 4.50. The molecule has 1 aromatic carbocycles. The Bertz CT molecular complexity index is 821. The first-order valence-corrected chi connectivity index (χ1v) is 9.64. The number of hydrogen-bond donors (Lipinski definition) is 0. The van der Waals surface area contributed by atoms with Gasteiger partial charge >= 0.3 is 0 Å². The van der Waals surface area contributed by atoms with Crippen LogP contribution in [0, 0.1) is 0 Å². The van der Waals surface area contributed by atoms with E-state index in [1.54, 1.807) is 11.3 Å². The second-order valence-electron chi connectivity index (χ2n) is 5.99. The van der Waals surface area contributed by atoms with Crippen LogP contribution in [0.3, 0.4) is 0 Å². The number of thiazole rings is 1. The van der Waals surface area contributed by atoms with E-state index in [4.69, 9.17) is 4.98 Å². The molecule has 0 bridgehead atoms. The van der Waals surface area contributed by atoms with Gasteiger partial charge in [-0.1, -0.05) is 40.9 Å². The second-order valence-corrected chi connectivity index (χ2v) is 7.77. The van der Waals surface area contributed by atoms with E-state index in [0.29, 0.717) is 5.92 Å². The molecular formula is C19H17BrN2S. The minimum Gasteiger partial charge on any atom is -0.264 e. The predicted octanol–water partition coefficient (Wildman–Crippen LogP) is 6.29. The maximum atomic E-state index is 4.88. The molecule has 0 radical (unpaired) electrons. The highest BCUT2D eigenvalue weighted by Gasteiger charge is 2.21. The van der Waals surface area contributed by atoms with Crippen molar-refractivity contribution in [3.05, 3.63) is 58.1 Å². The number of hydrogen-bond acceptors (Lipinski definition) is 3. The molecule has 2 nitrogen and oxygen atoms in total. The molecule has 0 N–H and O–H groups in total. The maximum Gasteiger partial charge on any atom is 0.125 e. The predicted molar refractivity (Wildman–Crippen MR) is 99.7 cm³/mol. The summed E-state index contributed by atoms with van der Waals surface area (Å²) < 4.78 is 1.08. The molecule has 0 unspecified atom stereocenters. The number of rotatable bonds is 3. The van der Waals surface area contributed by atoms with Crippen molar-refractivity contribution in [2.45, 2.75) is 31.6 Å². The summed E-state index contributed by atoms with van der Waals surface area (Å²) >= 11 is 5.24. The SMILES string of the molecule is Brc1cccc(-c2csc(-c3cnccc3C3CCCC3)n2)c1. The highest BCUT2D eigenvalue weighted by atomic mass is 79.9. The summed E-state index contributed by atoms with van der Waals surface area (Å²) in [4.78, 5) is 9.23. The van der Waals surface area contributed by atoms with Gasteiger partial charge in [0.2, 0.25) is 0 Å². The maximum absolute atomic E-state index is 4.88.